The van der Waals surface area contributed by atoms with E-state index >= 15 is 0 Å². The molecule has 0 unspecified atom stereocenters. The number of imidazole rings is 1. The Kier molecular flexibility index (Phi) is 6.25. The Labute approximate surface area is 197 Å². The molecule has 1 amide bonds. The number of halogens is 1. The average Bonchev–Trinajstić information content (AvgIpc) is 3.38. The standard InChI is InChI=1S/C23H28ClN5O4/c1-23(2,3)33-22(30)26-14-6-7-28(11-14)20-10-21-27-17(12-29(21)13-25-20)15-8-16(24)19(32-5)9-18(15)31-4/h8-10,12-14H,6-7,11H2,1-5H3,(H,26,30)/t14-/m0/s1. The third kappa shape index (κ3) is 5.08. The summed E-state index contributed by atoms with van der Waals surface area (Å²) in [6.07, 6.45) is 4.02. The van der Waals surface area contributed by atoms with E-state index in [9.17, 15) is 4.79 Å². The summed E-state index contributed by atoms with van der Waals surface area (Å²) in [5, 5.41) is 3.41. The Bertz CT molecular complexity index is 1170. The number of nitrogens with zero attached hydrogens (tertiary/aromatic N) is 4. The highest BCUT2D eigenvalue weighted by atomic mass is 35.5. The normalized spacial score (nSPS) is 16.2. The molecule has 0 saturated carbocycles. The third-order valence-corrected chi connectivity index (χ3v) is 5.61. The molecule has 1 N–H and O–H groups in total. The average molecular weight is 474 g/mol. The highest BCUT2D eigenvalue weighted by molar-refractivity contribution is 6.32. The molecule has 1 saturated heterocycles. The number of fused-ring (bicyclic) bond motifs is 1. The van der Waals surface area contributed by atoms with E-state index in [2.05, 4.69) is 15.2 Å². The first-order valence-corrected chi connectivity index (χ1v) is 11.1. The van der Waals surface area contributed by atoms with Crippen LogP contribution in [0.1, 0.15) is 27.2 Å². The van der Waals surface area contributed by atoms with Gasteiger partial charge in [-0.1, -0.05) is 11.6 Å². The molecule has 0 bridgehead atoms. The maximum absolute atomic E-state index is 12.1. The summed E-state index contributed by atoms with van der Waals surface area (Å²) in [6.45, 7) is 6.97. The van der Waals surface area contributed by atoms with Gasteiger partial charge in [0.25, 0.3) is 0 Å². The van der Waals surface area contributed by atoms with Crippen LogP contribution in [0.3, 0.4) is 0 Å². The molecule has 9 nitrogen and oxygen atoms in total. The second kappa shape index (κ2) is 8.97. The number of hydrogen-bond donors (Lipinski definition) is 1. The van der Waals surface area contributed by atoms with E-state index in [1.54, 1.807) is 32.7 Å². The Morgan fingerprint density at radius 3 is 2.64 bits per heavy atom. The second-order valence-corrected chi connectivity index (χ2v) is 9.31. The van der Waals surface area contributed by atoms with E-state index in [1.807, 2.05) is 37.4 Å². The number of carbonyl (C=O) groups is 1. The number of methoxy groups -OCH3 is 2. The molecule has 3 aromatic rings. The zero-order chi connectivity index (χ0) is 23.8. The molecular weight excluding hydrogens is 446 g/mol. The zero-order valence-electron chi connectivity index (χ0n) is 19.4. The molecule has 176 valence electrons. The molecule has 0 radical (unpaired) electrons. The van der Waals surface area contributed by atoms with E-state index in [4.69, 9.17) is 30.8 Å². The number of carbonyl (C=O) groups excluding carboxylic acids is 1. The van der Waals surface area contributed by atoms with Crippen molar-refractivity contribution in [3.8, 4) is 22.8 Å². The number of ether oxygens (including phenoxy) is 3. The fraction of sp³-hybridized carbons (Fsp3) is 0.435. The fourth-order valence-electron chi connectivity index (χ4n) is 3.80. The highest BCUT2D eigenvalue weighted by Crippen LogP contribution is 2.38. The van der Waals surface area contributed by atoms with Crippen molar-refractivity contribution in [1.29, 1.82) is 0 Å². The summed E-state index contributed by atoms with van der Waals surface area (Å²) >= 11 is 6.33. The van der Waals surface area contributed by atoms with Gasteiger partial charge in [-0.15, -0.1) is 0 Å². The van der Waals surface area contributed by atoms with Crippen LogP contribution in [0, 0.1) is 0 Å². The maximum Gasteiger partial charge on any atom is 0.407 e. The minimum absolute atomic E-state index is 0.00103. The van der Waals surface area contributed by atoms with Crippen LogP contribution < -0.4 is 19.7 Å². The predicted octanol–water partition coefficient (Wildman–Crippen LogP) is 4.17. The first-order valence-electron chi connectivity index (χ1n) is 10.7. The number of hydrogen-bond acceptors (Lipinski definition) is 7. The number of amides is 1. The molecule has 1 atom stereocenters. The minimum atomic E-state index is -0.524. The first-order chi connectivity index (χ1) is 15.7. The van der Waals surface area contributed by atoms with Gasteiger partial charge in [-0.2, -0.15) is 0 Å². The monoisotopic (exact) mass is 473 g/mol. The summed E-state index contributed by atoms with van der Waals surface area (Å²) < 4.78 is 18.0. The Morgan fingerprint density at radius 1 is 1.18 bits per heavy atom. The molecule has 0 aliphatic carbocycles. The van der Waals surface area contributed by atoms with Crippen molar-refractivity contribution >= 4 is 29.2 Å². The van der Waals surface area contributed by atoms with E-state index in [0.29, 0.717) is 28.8 Å². The SMILES string of the molecule is COc1cc(OC)c(-c2cn3cnc(N4CC[C@H](NC(=O)OC(C)(C)C)C4)cc3n2)cc1Cl. The fourth-order valence-corrected chi connectivity index (χ4v) is 4.05. The number of rotatable bonds is 5. The largest absolute Gasteiger partial charge is 0.496 e. The lowest BCUT2D eigenvalue weighted by Gasteiger charge is -2.22. The topological polar surface area (TPSA) is 90.2 Å². The molecule has 1 aliphatic rings. The Morgan fingerprint density at radius 2 is 1.94 bits per heavy atom. The van der Waals surface area contributed by atoms with Crippen LogP contribution in [0.15, 0.2) is 30.7 Å². The van der Waals surface area contributed by atoms with Crippen LogP contribution in [0.2, 0.25) is 5.02 Å². The molecule has 33 heavy (non-hydrogen) atoms. The molecule has 1 aliphatic heterocycles. The zero-order valence-corrected chi connectivity index (χ0v) is 20.1. The third-order valence-electron chi connectivity index (χ3n) is 5.32. The Balaban J connectivity index is 1.53. The summed E-state index contributed by atoms with van der Waals surface area (Å²) in [6, 6.07) is 5.45. The Hall–Kier alpha value is -3.20. The van der Waals surface area contributed by atoms with Gasteiger partial charge >= 0.3 is 6.09 Å². The van der Waals surface area contributed by atoms with E-state index in [-0.39, 0.29) is 6.04 Å². The van der Waals surface area contributed by atoms with Gasteiger partial charge < -0.3 is 24.4 Å². The van der Waals surface area contributed by atoms with Gasteiger partial charge in [0.2, 0.25) is 0 Å². The smallest absolute Gasteiger partial charge is 0.407 e. The van der Waals surface area contributed by atoms with Crippen LogP contribution in [0.4, 0.5) is 10.6 Å². The lowest BCUT2D eigenvalue weighted by Crippen LogP contribution is -2.40. The summed E-state index contributed by atoms with van der Waals surface area (Å²) in [4.78, 5) is 23.5. The predicted molar refractivity (Wildman–Crippen MR) is 127 cm³/mol. The van der Waals surface area contributed by atoms with Crippen LogP contribution >= 0.6 is 11.6 Å². The van der Waals surface area contributed by atoms with Crippen molar-refractivity contribution in [1.82, 2.24) is 19.7 Å². The van der Waals surface area contributed by atoms with Gasteiger partial charge in [0.05, 0.1) is 31.0 Å². The molecule has 2 aromatic heterocycles. The van der Waals surface area contributed by atoms with Crippen molar-refractivity contribution in [2.75, 3.05) is 32.2 Å². The summed E-state index contributed by atoms with van der Waals surface area (Å²) in [5.74, 6) is 1.95. The number of aromatic nitrogens is 3. The molecule has 1 aromatic carbocycles. The van der Waals surface area contributed by atoms with Gasteiger partial charge in [-0.3, -0.25) is 4.40 Å². The van der Waals surface area contributed by atoms with Gasteiger partial charge in [0.15, 0.2) is 0 Å². The van der Waals surface area contributed by atoms with Crippen molar-refractivity contribution < 1.29 is 19.0 Å². The molecular formula is C23H28ClN5O4. The molecule has 3 heterocycles. The van der Waals surface area contributed by atoms with Crippen molar-refractivity contribution in [3.05, 3.63) is 35.7 Å². The van der Waals surface area contributed by atoms with Gasteiger partial charge in [-0.25, -0.2) is 14.8 Å². The second-order valence-electron chi connectivity index (χ2n) is 8.90. The van der Waals surface area contributed by atoms with E-state index in [0.717, 1.165) is 30.0 Å². The van der Waals surface area contributed by atoms with Crippen LogP contribution in [-0.4, -0.2) is 59.4 Å². The lowest BCUT2D eigenvalue weighted by molar-refractivity contribution is 0.0509. The number of benzene rings is 1. The van der Waals surface area contributed by atoms with Crippen molar-refractivity contribution in [3.63, 3.8) is 0 Å². The van der Waals surface area contributed by atoms with Crippen LogP contribution in [-0.2, 0) is 4.74 Å². The number of alkyl carbamates (subject to hydrolysis) is 1. The van der Waals surface area contributed by atoms with Crippen LogP contribution in [0.25, 0.3) is 16.9 Å². The quantitative estimate of drug-likeness (QED) is 0.594. The summed E-state index contributed by atoms with van der Waals surface area (Å²) in [5.41, 5.74) is 1.69. The molecule has 0 spiro atoms. The van der Waals surface area contributed by atoms with Gasteiger partial charge in [0.1, 0.15) is 34.9 Å². The molecule has 1 fully saturated rings. The lowest BCUT2D eigenvalue weighted by atomic mass is 10.1. The molecule has 4 rings (SSSR count). The minimum Gasteiger partial charge on any atom is -0.496 e. The van der Waals surface area contributed by atoms with Crippen molar-refractivity contribution in [2.45, 2.75) is 38.8 Å². The first kappa shape index (κ1) is 23.0. The maximum atomic E-state index is 12.1. The summed E-state index contributed by atoms with van der Waals surface area (Å²) in [7, 11) is 3.15. The van der Waals surface area contributed by atoms with E-state index in [1.165, 1.54) is 0 Å². The van der Waals surface area contributed by atoms with Gasteiger partial charge in [0, 0.05) is 37.0 Å². The molecule has 10 heteroatoms. The van der Waals surface area contributed by atoms with Crippen LogP contribution in [0.5, 0.6) is 11.5 Å². The van der Waals surface area contributed by atoms with Gasteiger partial charge in [-0.05, 0) is 33.3 Å². The number of nitrogens with one attached hydrogen (secondary N) is 1. The van der Waals surface area contributed by atoms with Crippen molar-refractivity contribution in [2.24, 2.45) is 0 Å². The number of anilines is 1. The highest BCUT2D eigenvalue weighted by Gasteiger charge is 2.27. The van der Waals surface area contributed by atoms with E-state index < -0.39 is 11.7 Å².